The van der Waals surface area contributed by atoms with Gasteiger partial charge in [0.05, 0.1) is 12.7 Å². The maximum absolute atomic E-state index is 14.0. The first kappa shape index (κ1) is 13.0. The maximum Gasteiger partial charge on any atom is 0.338 e. The Hall–Kier alpha value is -2.43. The molecule has 0 aliphatic rings. The molecule has 0 radical (unpaired) electrons. The highest BCUT2D eigenvalue weighted by Crippen LogP contribution is 2.28. The van der Waals surface area contributed by atoms with Gasteiger partial charge in [0.15, 0.2) is 11.6 Å². The molecule has 0 amide bonds. The molecule has 0 fully saturated rings. The van der Waals surface area contributed by atoms with Crippen LogP contribution in [0.1, 0.15) is 10.4 Å². The zero-order valence-corrected chi connectivity index (χ0v) is 9.98. The number of rotatable bonds is 3. The van der Waals surface area contributed by atoms with Crippen LogP contribution in [0.4, 0.5) is 8.78 Å². The van der Waals surface area contributed by atoms with Crippen LogP contribution < -0.4 is 4.74 Å². The van der Waals surface area contributed by atoms with Gasteiger partial charge in [0.1, 0.15) is 5.82 Å². The molecule has 0 heterocycles. The summed E-state index contributed by atoms with van der Waals surface area (Å²) in [7, 11) is 1.32. The molecule has 0 bridgehead atoms. The number of hydrogen-bond acceptors (Lipinski definition) is 2. The Morgan fingerprint density at radius 1 is 1.21 bits per heavy atom. The van der Waals surface area contributed by atoms with Crippen LogP contribution in [-0.4, -0.2) is 18.2 Å². The van der Waals surface area contributed by atoms with Crippen LogP contribution in [0.25, 0.3) is 11.1 Å². The summed E-state index contributed by atoms with van der Waals surface area (Å²) < 4.78 is 32.3. The van der Waals surface area contributed by atoms with Crippen LogP contribution in [0.5, 0.6) is 5.75 Å². The zero-order valence-electron chi connectivity index (χ0n) is 9.98. The second kappa shape index (κ2) is 5.06. The lowest BCUT2D eigenvalue weighted by molar-refractivity contribution is 0.0692. The summed E-state index contributed by atoms with van der Waals surface area (Å²) in [5, 5.41) is 8.84. The number of carboxylic acids is 1. The molecule has 0 spiro atoms. The third kappa shape index (κ3) is 2.40. The normalized spacial score (nSPS) is 10.3. The second-order valence-corrected chi connectivity index (χ2v) is 3.82. The van der Waals surface area contributed by atoms with Gasteiger partial charge in [-0.15, -0.1) is 0 Å². The number of carboxylic acid groups (broad SMARTS) is 1. The highest BCUT2D eigenvalue weighted by atomic mass is 19.1. The van der Waals surface area contributed by atoms with E-state index in [2.05, 4.69) is 0 Å². The number of carbonyl (C=O) groups is 1. The average molecular weight is 264 g/mol. The zero-order chi connectivity index (χ0) is 14.0. The number of hydrogen-bond donors (Lipinski definition) is 1. The fourth-order valence-corrected chi connectivity index (χ4v) is 1.75. The van der Waals surface area contributed by atoms with Crippen molar-refractivity contribution in [3.8, 4) is 16.9 Å². The van der Waals surface area contributed by atoms with E-state index in [0.717, 1.165) is 12.1 Å². The molecular formula is C14H10F2O3. The molecule has 0 saturated carbocycles. The lowest BCUT2D eigenvalue weighted by atomic mass is 10.0. The quantitative estimate of drug-likeness (QED) is 0.924. The smallest absolute Gasteiger partial charge is 0.338 e. The SMILES string of the molecule is COc1ccc(-c2cccc(C(=O)O)c2F)cc1F. The summed E-state index contributed by atoms with van der Waals surface area (Å²) in [6.45, 7) is 0. The van der Waals surface area contributed by atoms with Crippen molar-refractivity contribution >= 4 is 5.97 Å². The van der Waals surface area contributed by atoms with Gasteiger partial charge in [0.25, 0.3) is 0 Å². The van der Waals surface area contributed by atoms with Gasteiger partial charge in [-0.3, -0.25) is 0 Å². The third-order valence-corrected chi connectivity index (χ3v) is 2.69. The van der Waals surface area contributed by atoms with E-state index in [1.54, 1.807) is 0 Å². The van der Waals surface area contributed by atoms with Crippen molar-refractivity contribution in [1.29, 1.82) is 0 Å². The van der Waals surface area contributed by atoms with Crippen molar-refractivity contribution in [3.63, 3.8) is 0 Å². The monoisotopic (exact) mass is 264 g/mol. The third-order valence-electron chi connectivity index (χ3n) is 2.69. The van der Waals surface area contributed by atoms with E-state index in [1.807, 2.05) is 0 Å². The Morgan fingerprint density at radius 2 is 1.95 bits per heavy atom. The van der Waals surface area contributed by atoms with Gasteiger partial charge in [0.2, 0.25) is 0 Å². The van der Waals surface area contributed by atoms with E-state index in [1.165, 1.54) is 31.4 Å². The van der Waals surface area contributed by atoms with Crippen molar-refractivity contribution in [3.05, 3.63) is 53.6 Å². The molecule has 2 aromatic carbocycles. The van der Waals surface area contributed by atoms with Crippen LogP contribution in [0.3, 0.4) is 0 Å². The fourth-order valence-electron chi connectivity index (χ4n) is 1.75. The predicted octanol–water partition coefficient (Wildman–Crippen LogP) is 3.34. The van der Waals surface area contributed by atoms with Crippen molar-refractivity contribution in [1.82, 2.24) is 0 Å². The average Bonchev–Trinajstić information content (AvgIpc) is 2.38. The molecule has 5 heteroatoms. The maximum atomic E-state index is 14.0. The lowest BCUT2D eigenvalue weighted by Gasteiger charge is -2.08. The minimum atomic E-state index is -1.37. The molecule has 0 atom stereocenters. The molecule has 98 valence electrons. The first-order valence-electron chi connectivity index (χ1n) is 5.40. The van der Waals surface area contributed by atoms with Crippen LogP contribution in [0.2, 0.25) is 0 Å². The number of benzene rings is 2. The van der Waals surface area contributed by atoms with Gasteiger partial charge >= 0.3 is 5.97 Å². The summed E-state index contributed by atoms with van der Waals surface area (Å²) in [4.78, 5) is 10.8. The van der Waals surface area contributed by atoms with E-state index in [9.17, 15) is 13.6 Å². The molecule has 1 N–H and O–H groups in total. The molecule has 2 aromatic rings. The standard InChI is InChI=1S/C14H10F2O3/c1-19-12-6-5-8(7-11(12)15)9-3-2-4-10(13(9)16)14(17)18/h2-7H,1H3,(H,17,18). The molecule has 19 heavy (non-hydrogen) atoms. The highest BCUT2D eigenvalue weighted by molar-refractivity contribution is 5.90. The van der Waals surface area contributed by atoms with Gasteiger partial charge in [-0.1, -0.05) is 18.2 Å². The van der Waals surface area contributed by atoms with Gasteiger partial charge in [0, 0.05) is 5.56 Å². The first-order chi connectivity index (χ1) is 9.04. The van der Waals surface area contributed by atoms with E-state index in [0.29, 0.717) is 0 Å². The Kier molecular flexibility index (Phi) is 3.46. The van der Waals surface area contributed by atoms with Crippen molar-refractivity contribution < 1.29 is 23.4 Å². The Balaban J connectivity index is 2.56. The summed E-state index contributed by atoms with van der Waals surface area (Å²) >= 11 is 0. The van der Waals surface area contributed by atoms with E-state index in [4.69, 9.17) is 9.84 Å². The van der Waals surface area contributed by atoms with Gasteiger partial charge < -0.3 is 9.84 Å². The van der Waals surface area contributed by atoms with Crippen LogP contribution >= 0.6 is 0 Å². The molecule has 0 aliphatic carbocycles. The minimum absolute atomic E-state index is 0.0291. The largest absolute Gasteiger partial charge is 0.494 e. The fraction of sp³-hybridized carbons (Fsp3) is 0.0714. The van der Waals surface area contributed by atoms with E-state index >= 15 is 0 Å². The van der Waals surface area contributed by atoms with Crippen LogP contribution in [-0.2, 0) is 0 Å². The topological polar surface area (TPSA) is 46.5 Å². The summed E-state index contributed by atoms with van der Waals surface area (Å²) in [6.07, 6.45) is 0. The van der Waals surface area contributed by atoms with Crippen molar-refractivity contribution in [2.45, 2.75) is 0 Å². The Morgan fingerprint density at radius 3 is 2.53 bits per heavy atom. The molecule has 0 saturated heterocycles. The molecular weight excluding hydrogens is 254 g/mol. The lowest BCUT2D eigenvalue weighted by Crippen LogP contribution is -2.01. The number of halogens is 2. The predicted molar refractivity (Wildman–Crippen MR) is 65.3 cm³/mol. The van der Waals surface area contributed by atoms with Crippen molar-refractivity contribution in [2.75, 3.05) is 7.11 Å². The Labute approximate surface area is 108 Å². The van der Waals surface area contributed by atoms with Gasteiger partial charge in [-0.2, -0.15) is 0 Å². The van der Waals surface area contributed by atoms with Gasteiger partial charge in [-0.25, -0.2) is 13.6 Å². The minimum Gasteiger partial charge on any atom is -0.494 e. The number of methoxy groups -OCH3 is 1. The summed E-state index contributed by atoms with van der Waals surface area (Å²) in [6, 6.07) is 7.88. The van der Waals surface area contributed by atoms with E-state index in [-0.39, 0.29) is 16.9 Å². The van der Waals surface area contributed by atoms with Crippen molar-refractivity contribution in [2.24, 2.45) is 0 Å². The number of ether oxygens (including phenoxy) is 1. The van der Waals surface area contributed by atoms with Crippen LogP contribution in [0, 0.1) is 11.6 Å². The van der Waals surface area contributed by atoms with Gasteiger partial charge in [-0.05, 0) is 23.8 Å². The molecule has 0 unspecified atom stereocenters. The second-order valence-electron chi connectivity index (χ2n) is 3.82. The molecule has 0 aliphatic heterocycles. The first-order valence-corrected chi connectivity index (χ1v) is 5.40. The highest BCUT2D eigenvalue weighted by Gasteiger charge is 2.15. The van der Waals surface area contributed by atoms with Crippen LogP contribution in [0.15, 0.2) is 36.4 Å². The summed E-state index contributed by atoms with van der Waals surface area (Å²) in [5.74, 6) is -2.86. The van der Waals surface area contributed by atoms with E-state index < -0.39 is 23.2 Å². The number of aromatic carboxylic acids is 1. The molecule has 3 nitrogen and oxygen atoms in total. The summed E-state index contributed by atoms with van der Waals surface area (Å²) in [5.41, 5.74) is -0.172. The molecule has 0 aromatic heterocycles. The Bertz CT molecular complexity index is 639. The molecule has 2 rings (SSSR count).